The number of carbonyl (C=O) groups excluding carboxylic acids is 1. The number of hydrogen-bond acceptors (Lipinski definition) is 2. The van der Waals surface area contributed by atoms with Crippen LogP contribution in [0.3, 0.4) is 0 Å². The normalized spacial score (nSPS) is 14.2. The number of anilines is 1. The average molecular weight is 430 g/mol. The van der Waals surface area contributed by atoms with Gasteiger partial charge in [-0.1, -0.05) is 49.4 Å². The monoisotopic (exact) mass is 429 g/mol. The SMILES string of the molecule is CCc1c(C)c(C(=O)N2CCN(c3ccccc3C)CC2)n(Cc2ccccc2C)c1C. The van der Waals surface area contributed by atoms with Crippen molar-refractivity contribution in [3.05, 3.63) is 87.7 Å². The predicted octanol–water partition coefficient (Wildman–Crippen LogP) is 5.29. The summed E-state index contributed by atoms with van der Waals surface area (Å²) < 4.78 is 2.26. The number of amides is 1. The summed E-state index contributed by atoms with van der Waals surface area (Å²) in [5.41, 5.74) is 9.64. The van der Waals surface area contributed by atoms with Crippen LogP contribution in [0, 0.1) is 27.7 Å². The first kappa shape index (κ1) is 22.2. The molecule has 1 aliphatic heterocycles. The maximum absolute atomic E-state index is 13.8. The lowest BCUT2D eigenvalue weighted by Gasteiger charge is -2.37. The number of nitrogens with zero attached hydrogens (tertiary/aromatic N) is 3. The third-order valence-corrected chi connectivity index (χ3v) is 7.09. The molecular formula is C28H35N3O. The van der Waals surface area contributed by atoms with E-state index >= 15 is 0 Å². The second-order valence-electron chi connectivity index (χ2n) is 8.97. The maximum atomic E-state index is 13.8. The van der Waals surface area contributed by atoms with Crippen LogP contribution in [0.2, 0.25) is 0 Å². The van der Waals surface area contributed by atoms with E-state index in [0.29, 0.717) is 0 Å². The third-order valence-electron chi connectivity index (χ3n) is 7.09. The number of piperazine rings is 1. The van der Waals surface area contributed by atoms with Gasteiger partial charge in [0.15, 0.2) is 0 Å². The molecule has 0 spiro atoms. The molecule has 0 aliphatic carbocycles. The molecular weight excluding hydrogens is 394 g/mol. The molecule has 0 N–H and O–H groups in total. The van der Waals surface area contributed by atoms with Gasteiger partial charge in [0.05, 0.1) is 0 Å². The number of carbonyl (C=O) groups is 1. The molecule has 1 aromatic heterocycles. The van der Waals surface area contributed by atoms with Gasteiger partial charge >= 0.3 is 0 Å². The van der Waals surface area contributed by atoms with Crippen molar-refractivity contribution in [2.45, 2.75) is 47.6 Å². The van der Waals surface area contributed by atoms with Crippen LogP contribution in [0.15, 0.2) is 48.5 Å². The highest BCUT2D eigenvalue weighted by atomic mass is 16.2. The Morgan fingerprint density at radius 1 is 0.844 bits per heavy atom. The van der Waals surface area contributed by atoms with Gasteiger partial charge in [0.1, 0.15) is 5.69 Å². The molecule has 4 heteroatoms. The second-order valence-corrected chi connectivity index (χ2v) is 8.97. The minimum atomic E-state index is 0.170. The summed E-state index contributed by atoms with van der Waals surface area (Å²) >= 11 is 0. The Hall–Kier alpha value is -3.01. The van der Waals surface area contributed by atoms with Crippen molar-refractivity contribution in [1.29, 1.82) is 0 Å². The molecule has 4 rings (SSSR count). The van der Waals surface area contributed by atoms with E-state index in [1.54, 1.807) is 0 Å². The lowest BCUT2D eigenvalue weighted by molar-refractivity contribution is 0.0735. The molecule has 0 atom stereocenters. The molecule has 1 fully saturated rings. The Labute approximate surface area is 192 Å². The Kier molecular flexibility index (Phi) is 6.40. The molecule has 4 nitrogen and oxygen atoms in total. The van der Waals surface area contributed by atoms with E-state index in [0.717, 1.165) is 50.4 Å². The standard InChI is InChI=1S/C28H35N3O/c1-6-25-22(4)27(31(23(25)5)19-24-13-9-7-11-20(24)2)28(32)30-17-15-29(16-18-30)26-14-10-8-12-21(26)3/h7-14H,6,15-19H2,1-5H3. The van der Waals surface area contributed by atoms with Gasteiger partial charge in [-0.2, -0.15) is 0 Å². The van der Waals surface area contributed by atoms with E-state index in [1.807, 2.05) is 4.90 Å². The first-order valence-corrected chi connectivity index (χ1v) is 11.7. The second kappa shape index (κ2) is 9.23. The van der Waals surface area contributed by atoms with Crippen molar-refractivity contribution in [3.8, 4) is 0 Å². The highest BCUT2D eigenvalue weighted by Gasteiger charge is 2.28. The van der Waals surface area contributed by atoms with E-state index in [-0.39, 0.29) is 5.91 Å². The highest BCUT2D eigenvalue weighted by molar-refractivity contribution is 5.95. The zero-order valence-electron chi connectivity index (χ0n) is 20.1. The van der Waals surface area contributed by atoms with Crippen LogP contribution in [-0.4, -0.2) is 41.6 Å². The van der Waals surface area contributed by atoms with Gasteiger partial charge in [-0.25, -0.2) is 0 Å². The average Bonchev–Trinajstić information content (AvgIpc) is 3.04. The van der Waals surface area contributed by atoms with E-state index in [9.17, 15) is 4.79 Å². The fraction of sp³-hybridized carbons (Fsp3) is 0.393. The quantitative estimate of drug-likeness (QED) is 0.551. The van der Waals surface area contributed by atoms with Crippen LogP contribution in [0.4, 0.5) is 5.69 Å². The first-order chi connectivity index (χ1) is 15.4. The zero-order chi connectivity index (χ0) is 22.8. The minimum absolute atomic E-state index is 0.170. The van der Waals surface area contributed by atoms with E-state index in [2.05, 4.69) is 92.6 Å². The van der Waals surface area contributed by atoms with Crippen LogP contribution in [0.5, 0.6) is 0 Å². The highest BCUT2D eigenvalue weighted by Crippen LogP contribution is 2.27. The maximum Gasteiger partial charge on any atom is 0.270 e. The van der Waals surface area contributed by atoms with Gasteiger partial charge in [-0.05, 0) is 68.0 Å². The van der Waals surface area contributed by atoms with Crippen molar-refractivity contribution in [2.75, 3.05) is 31.1 Å². The summed E-state index contributed by atoms with van der Waals surface area (Å²) in [5.74, 6) is 0.170. The van der Waals surface area contributed by atoms with Crippen molar-refractivity contribution in [2.24, 2.45) is 0 Å². The Bertz CT molecular complexity index is 1120. The fourth-order valence-corrected chi connectivity index (χ4v) is 5.12. The molecule has 2 aromatic carbocycles. The van der Waals surface area contributed by atoms with Crippen LogP contribution in [0.25, 0.3) is 0 Å². The number of para-hydroxylation sites is 1. The predicted molar refractivity (Wildman–Crippen MR) is 133 cm³/mol. The Morgan fingerprint density at radius 2 is 1.47 bits per heavy atom. The number of hydrogen-bond donors (Lipinski definition) is 0. The molecule has 1 saturated heterocycles. The summed E-state index contributed by atoms with van der Waals surface area (Å²) in [5, 5.41) is 0. The molecule has 0 saturated carbocycles. The zero-order valence-corrected chi connectivity index (χ0v) is 20.1. The molecule has 32 heavy (non-hydrogen) atoms. The molecule has 0 bridgehead atoms. The Morgan fingerprint density at radius 3 is 2.09 bits per heavy atom. The van der Waals surface area contributed by atoms with Crippen LogP contribution < -0.4 is 4.90 Å². The van der Waals surface area contributed by atoms with Crippen molar-refractivity contribution in [3.63, 3.8) is 0 Å². The van der Waals surface area contributed by atoms with E-state index < -0.39 is 0 Å². The van der Waals surface area contributed by atoms with Gasteiger partial charge in [0.2, 0.25) is 0 Å². The summed E-state index contributed by atoms with van der Waals surface area (Å²) in [4.78, 5) is 18.2. The smallest absolute Gasteiger partial charge is 0.270 e. The topological polar surface area (TPSA) is 28.5 Å². The molecule has 0 unspecified atom stereocenters. The summed E-state index contributed by atoms with van der Waals surface area (Å²) in [7, 11) is 0. The third kappa shape index (κ3) is 4.06. The van der Waals surface area contributed by atoms with Gasteiger partial charge in [-0.15, -0.1) is 0 Å². The summed E-state index contributed by atoms with van der Waals surface area (Å²) in [6, 6.07) is 17.0. The molecule has 168 valence electrons. The first-order valence-electron chi connectivity index (χ1n) is 11.7. The molecule has 1 amide bonds. The van der Waals surface area contributed by atoms with Gasteiger partial charge < -0.3 is 14.4 Å². The summed E-state index contributed by atoms with van der Waals surface area (Å²) in [6.45, 7) is 14.8. The van der Waals surface area contributed by atoms with E-state index in [4.69, 9.17) is 0 Å². The number of rotatable bonds is 5. The minimum Gasteiger partial charge on any atom is -0.368 e. The lowest BCUT2D eigenvalue weighted by Crippen LogP contribution is -2.49. The molecule has 1 aliphatic rings. The molecule has 3 aromatic rings. The van der Waals surface area contributed by atoms with Crippen LogP contribution >= 0.6 is 0 Å². The van der Waals surface area contributed by atoms with Gasteiger partial charge in [-0.3, -0.25) is 4.79 Å². The number of aryl methyl sites for hydroxylation is 2. The van der Waals surface area contributed by atoms with Crippen LogP contribution in [0.1, 0.15) is 50.9 Å². The van der Waals surface area contributed by atoms with E-state index in [1.165, 1.54) is 33.6 Å². The Balaban J connectivity index is 1.60. The lowest BCUT2D eigenvalue weighted by atomic mass is 10.1. The number of benzene rings is 2. The van der Waals surface area contributed by atoms with Crippen molar-refractivity contribution < 1.29 is 4.79 Å². The van der Waals surface area contributed by atoms with Gasteiger partial charge in [0.25, 0.3) is 5.91 Å². The van der Waals surface area contributed by atoms with Crippen LogP contribution in [-0.2, 0) is 13.0 Å². The van der Waals surface area contributed by atoms with Gasteiger partial charge in [0, 0.05) is 44.1 Å². The largest absolute Gasteiger partial charge is 0.368 e. The molecule has 2 heterocycles. The van der Waals surface area contributed by atoms with Crippen molar-refractivity contribution >= 4 is 11.6 Å². The molecule has 0 radical (unpaired) electrons. The van der Waals surface area contributed by atoms with Crippen molar-refractivity contribution in [1.82, 2.24) is 9.47 Å². The fourth-order valence-electron chi connectivity index (χ4n) is 5.12. The number of aromatic nitrogens is 1. The summed E-state index contributed by atoms with van der Waals surface area (Å²) in [6.07, 6.45) is 0.944.